The van der Waals surface area contributed by atoms with Crippen LogP contribution in [-0.2, 0) is 6.42 Å². The van der Waals surface area contributed by atoms with Gasteiger partial charge in [0.1, 0.15) is 0 Å². The maximum absolute atomic E-state index is 12.5. The predicted octanol–water partition coefficient (Wildman–Crippen LogP) is 3.31. The van der Waals surface area contributed by atoms with Crippen LogP contribution in [0.2, 0.25) is 0 Å². The number of para-hydroxylation sites is 1. The first kappa shape index (κ1) is 11.6. The van der Waals surface area contributed by atoms with Crippen molar-refractivity contribution in [2.24, 2.45) is 0 Å². The number of aromatic amines is 1. The van der Waals surface area contributed by atoms with Crippen molar-refractivity contribution in [2.45, 2.75) is 25.1 Å². The van der Waals surface area contributed by atoms with Gasteiger partial charge in [0.25, 0.3) is 0 Å². The SMILES string of the molecule is FC(F)(F)C[C@H]1NCCc2c1[nH]c1ccccc21. The van der Waals surface area contributed by atoms with Gasteiger partial charge in [-0.3, -0.25) is 0 Å². The van der Waals surface area contributed by atoms with Crippen LogP contribution >= 0.6 is 0 Å². The van der Waals surface area contributed by atoms with Crippen molar-refractivity contribution in [3.05, 3.63) is 35.5 Å². The number of hydrogen-bond acceptors (Lipinski definition) is 1. The fraction of sp³-hybridized carbons (Fsp3) is 0.385. The number of rotatable bonds is 1. The Labute approximate surface area is 102 Å². The maximum Gasteiger partial charge on any atom is 0.390 e. The molecule has 0 bridgehead atoms. The number of fused-ring (bicyclic) bond motifs is 3. The molecule has 0 unspecified atom stereocenters. The zero-order valence-electron chi connectivity index (χ0n) is 9.64. The highest BCUT2D eigenvalue weighted by Gasteiger charge is 2.35. The standard InChI is InChI=1S/C13H13F3N2/c14-13(15,16)7-11-12-9(5-6-17-11)8-3-1-2-4-10(8)18-12/h1-4,11,17-18H,5-7H2/t11-/m1/s1. The Morgan fingerprint density at radius 1 is 1.22 bits per heavy atom. The van der Waals surface area contributed by atoms with E-state index in [4.69, 9.17) is 0 Å². The minimum absolute atomic E-state index is 0.593. The molecular formula is C13H13F3N2. The molecule has 2 aromatic rings. The van der Waals surface area contributed by atoms with Gasteiger partial charge in [0, 0.05) is 16.6 Å². The molecule has 0 saturated carbocycles. The van der Waals surface area contributed by atoms with Gasteiger partial charge < -0.3 is 10.3 Å². The summed E-state index contributed by atoms with van der Waals surface area (Å²) >= 11 is 0. The Morgan fingerprint density at radius 3 is 2.78 bits per heavy atom. The Hall–Kier alpha value is -1.49. The monoisotopic (exact) mass is 254 g/mol. The Morgan fingerprint density at radius 2 is 2.00 bits per heavy atom. The number of benzene rings is 1. The quantitative estimate of drug-likeness (QED) is 0.802. The first-order valence-electron chi connectivity index (χ1n) is 5.94. The molecule has 1 atom stereocenters. The molecule has 96 valence electrons. The van der Waals surface area contributed by atoms with Crippen molar-refractivity contribution < 1.29 is 13.2 Å². The van der Waals surface area contributed by atoms with Crippen molar-refractivity contribution in [3.8, 4) is 0 Å². The third-order valence-electron chi connectivity index (χ3n) is 3.40. The summed E-state index contributed by atoms with van der Waals surface area (Å²) in [5.41, 5.74) is 2.64. The van der Waals surface area contributed by atoms with Crippen LogP contribution in [0.25, 0.3) is 10.9 Å². The molecule has 1 aromatic heterocycles. The average Bonchev–Trinajstić information content (AvgIpc) is 2.67. The third kappa shape index (κ3) is 1.99. The fourth-order valence-electron chi connectivity index (χ4n) is 2.67. The summed E-state index contributed by atoms with van der Waals surface area (Å²) in [5, 5.41) is 3.98. The summed E-state index contributed by atoms with van der Waals surface area (Å²) in [6.45, 7) is 0.593. The van der Waals surface area contributed by atoms with Crippen LogP contribution < -0.4 is 5.32 Å². The second-order valence-corrected chi connectivity index (χ2v) is 4.64. The van der Waals surface area contributed by atoms with Gasteiger partial charge in [-0.2, -0.15) is 13.2 Å². The zero-order chi connectivity index (χ0) is 12.8. The smallest absolute Gasteiger partial charge is 0.357 e. The minimum Gasteiger partial charge on any atom is -0.357 e. The molecule has 0 amide bonds. The van der Waals surface area contributed by atoms with Crippen LogP contribution in [-0.4, -0.2) is 17.7 Å². The summed E-state index contributed by atoms with van der Waals surface area (Å²) in [7, 11) is 0. The number of halogens is 3. The van der Waals surface area contributed by atoms with E-state index in [1.54, 1.807) is 0 Å². The van der Waals surface area contributed by atoms with Crippen LogP contribution in [0.1, 0.15) is 23.7 Å². The zero-order valence-corrected chi connectivity index (χ0v) is 9.64. The molecular weight excluding hydrogens is 241 g/mol. The van der Waals surface area contributed by atoms with Crippen molar-refractivity contribution in [3.63, 3.8) is 0 Å². The van der Waals surface area contributed by atoms with E-state index in [2.05, 4.69) is 10.3 Å². The second kappa shape index (κ2) is 4.02. The predicted molar refractivity (Wildman–Crippen MR) is 63.4 cm³/mol. The number of aromatic nitrogens is 1. The first-order chi connectivity index (χ1) is 8.54. The molecule has 0 aliphatic carbocycles. The summed E-state index contributed by atoms with van der Waals surface area (Å²) in [6, 6.07) is 7.01. The molecule has 2 heterocycles. The highest BCUT2D eigenvalue weighted by Crippen LogP contribution is 2.35. The van der Waals surface area contributed by atoms with Gasteiger partial charge in [0.2, 0.25) is 0 Å². The van der Waals surface area contributed by atoms with Gasteiger partial charge in [-0.15, -0.1) is 0 Å². The van der Waals surface area contributed by atoms with Crippen LogP contribution in [0.4, 0.5) is 13.2 Å². The number of nitrogens with one attached hydrogen (secondary N) is 2. The minimum atomic E-state index is -4.15. The van der Waals surface area contributed by atoms with E-state index in [1.165, 1.54) is 0 Å². The van der Waals surface area contributed by atoms with E-state index in [-0.39, 0.29) is 0 Å². The first-order valence-corrected chi connectivity index (χ1v) is 5.94. The van der Waals surface area contributed by atoms with E-state index >= 15 is 0 Å². The van der Waals surface area contributed by atoms with Crippen LogP contribution in [0.3, 0.4) is 0 Å². The van der Waals surface area contributed by atoms with Crippen molar-refractivity contribution in [2.75, 3.05) is 6.54 Å². The van der Waals surface area contributed by atoms with E-state index in [1.807, 2.05) is 24.3 Å². The van der Waals surface area contributed by atoms with Crippen LogP contribution in [0, 0.1) is 0 Å². The second-order valence-electron chi connectivity index (χ2n) is 4.64. The Kier molecular flexibility index (Phi) is 2.59. The molecule has 0 spiro atoms. The molecule has 1 aliphatic rings. The highest BCUT2D eigenvalue weighted by atomic mass is 19.4. The van der Waals surface area contributed by atoms with E-state index < -0.39 is 18.6 Å². The summed E-state index contributed by atoms with van der Waals surface area (Å²) < 4.78 is 37.6. The molecule has 0 fully saturated rings. The molecule has 0 radical (unpaired) electrons. The fourth-order valence-corrected chi connectivity index (χ4v) is 2.67. The number of hydrogen-bond donors (Lipinski definition) is 2. The van der Waals surface area contributed by atoms with Crippen molar-refractivity contribution >= 4 is 10.9 Å². The summed E-state index contributed by atoms with van der Waals surface area (Å²) in [5.74, 6) is 0. The lowest BCUT2D eigenvalue weighted by molar-refractivity contribution is -0.140. The highest BCUT2D eigenvalue weighted by molar-refractivity contribution is 5.85. The molecule has 2 N–H and O–H groups in total. The van der Waals surface area contributed by atoms with E-state index in [9.17, 15) is 13.2 Å². The molecule has 2 nitrogen and oxygen atoms in total. The maximum atomic E-state index is 12.5. The molecule has 5 heteroatoms. The lowest BCUT2D eigenvalue weighted by atomic mass is 9.97. The molecule has 1 aromatic carbocycles. The average molecular weight is 254 g/mol. The van der Waals surface area contributed by atoms with E-state index in [0.717, 1.165) is 22.9 Å². The largest absolute Gasteiger partial charge is 0.390 e. The van der Waals surface area contributed by atoms with Crippen molar-refractivity contribution in [1.82, 2.24) is 10.3 Å². The van der Waals surface area contributed by atoms with Gasteiger partial charge in [-0.05, 0) is 24.6 Å². The summed E-state index contributed by atoms with van der Waals surface area (Å²) in [6.07, 6.45) is -4.20. The third-order valence-corrected chi connectivity index (χ3v) is 3.40. The van der Waals surface area contributed by atoms with Gasteiger partial charge in [0.05, 0.1) is 12.5 Å². The Balaban J connectivity index is 2.05. The van der Waals surface area contributed by atoms with Crippen molar-refractivity contribution in [1.29, 1.82) is 0 Å². The topological polar surface area (TPSA) is 27.8 Å². The molecule has 0 saturated heterocycles. The lowest BCUT2D eigenvalue weighted by Crippen LogP contribution is -2.33. The summed E-state index contributed by atoms with van der Waals surface area (Å²) in [4.78, 5) is 3.13. The molecule has 1 aliphatic heterocycles. The number of alkyl halides is 3. The lowest BCUT2D eigenvalue weighted by Gasteiger charge is -2.25. The Bertz CT molecular complexity index is 571. The van der Waals surface area contributed by atoms with Crippen LogP contribution in [0.5, 0.6) is 0 Å². The molecule has 18 heavy (non-hydrogen) atoms. The molecule has 3 rings (SSSR count). The number of H-pyrrole nitrogens is 1. The van der Waals surface area contributed by atoms with Crippen LogP contribution in [0.15, 0.2) is 24.3 Å². The van der Waals surface area contributed by atoms with Gasteiger partial charge >= 0.3 is 6.18 Å². The van der Waals surface area contributed by atoms with Gasteiger partial charge in [0.15, 0.2) is 0 Å². The van der Waals surface area contributed by atoms with Gasteiger partial charge in [-0.1, -0.05) is 18.2 Å². The van der Waals surface area contributed by atoms with E-state index in [0.29, 0.717) is 12.2 Å². The normalized spacial score (nSPS) is 20.1. The van der Waals surface area contributed by atoms with Gasteiger partial charge in [-0.25, -0.2) is 0 Å².